The maximum absolute atomic E-state index is 4.50. The number of rotatable bonds is 2. The molecule has 0 spiro atoms. The van der Waals surface area contributed by atoms with Gasteiger partial charge in [0, 0.05) is 22.7 Å². The third-order valence-corrected chi connectivity index (χ3v) is 8.88. The molecule has 2 heterocycles. The summed E-state index contributed by atoms with van der Waals surface area (Å²) in [5.74, 6) is 0. The van der Waals surface area contributed by atoms with Crippen LogP contribution in [0.15, 0.2) is 158 Å². The van der Waals surface area contributed by atoms with E-state index in [4.69, 9.17) is 0 Å². The number of aromatic nitrogens is 2. The van der Waals surface area contributed by atoms with E-state index in [1.54, 1.807) is 0 Å². The van der Waals surface area contributed by atoms with E-state index in [9.17, 15) is 0 Å². The van der Waals surface area contributed by atoms with Crippen LogP contribution in [0.3, 0.4) is 0 Å². The van der Waals surface area contributed by atoms with Crippen molar-refractivity contribution >= 4 is 21.8 Å². The number of fused-ring (bicyclic) bond motifs is 11. The lowest BCUT2D eigenvalue weighted by molar-refractivity contribution is 1.17. The third-order valence-electron chi connectivity index (χ3n) is 8.88. The number of nitrogens with zero attached hydrogens (tertiary/aromatic N) is 2. The molecule has 1 aliphatic rings. The predicted octanol–water partition coefficient (Wildman–Crippen LogP) is 10.8. The van der Waals surface area contributed by atoms with Gasteiger partial charge in [-0.25, -0.2) is 0 Å². The van der Waals surface area contributed by atoms with Crippen LogP contribution < -0.4 is 0 Å². The van der Waals surface area contributed by atoms with Crippen LogP contribution in [0, 0.1) is 0 Å². The van der Waals surface area contributed by atoms with Crippen molar-refractivity contribution in [3.63, 3.8) is 0 Å². The quantitative estimate of drug-likeness (QED) is 0.211. The number of benzene rings is 6. The van der Waals surface area contributed by atoms with Crippen LogP contribution in [0.5, 0.6) is 0 Å². The highest BCUT2D eigenvalue weighted by Crippen LogP contribution is 2.50. The van der Waals surface area contributed by atoms with E-state index in [0.717, 1.165) is 11.2 Å². The SMILES string of the molecule is c1ccc(-n2c3ccc(-c4cccc5c4-c4ccccc4-c4ccccc4-c4ccccc4-5)cc3c3ccncc32)cc1. The third kappa shape index (κ3) is 3.57. The van der Waals surface area contributed by atoms with Gasteiger partial charge >= 0.3 is 0 Å². The van der Waals surface area contributed by atoms with Crippen molar-refractivity contribution in [1.82, 2.24) is 9.55 Å². The molecule has 0 amide bonds. The first-order valence-corrected chi connectivity index (χ1v) is 14.7. The van der Waals surface area contributed by atoms with E-state index in [1.807, 2.05) is 12.4 Å². The Morgan fingerprint density at radius 2 is 0.953 bits per heavy atom. The zero-order chi connectivity index (χ0) is 28.3. The Morgan fingerprint density at radius 3 is 1.65 bits per heavy atom. The van der Waals surface area contributed by atoms with Crippen molar-refractivity contribution in [3.05, 3.63) is 158 Å². The van der Waals surface area contributed by atoms with Crippen molar-refractivity contribution in [2.24, 2.45) is 0 Å². The molecule has 0 aliphatic heterocycles. The molecule has 8 aromatic rings. The Hall–Kier alpha value is -5.73. The lowest BCUT2D eigenvalue weighted by atomic mass is 9.78. The Bertz CT molecular complexity index is 2340. The van der Waals surface area contributed by atoms with Crippen molar-refractivity contribution < 1.29 is 0 Å². The Labute approximate surface area is 250 Å². The number of hydrogen-bond donors (Lipinski definition) is 0. The largest absolute Gasteiger partial charge is 0.308 e. The normalized spacial score (nSPS) is 11.7. The molecule has 0 atom stereocenters. The molecule has 2 aromatic heterocycles. The molecule has 2 nitrogen and oxygen atoms in total. The van der Waals surface area contributed by atoms with E-state index in [1.165, 1.54) is 71.9 Å². The maximum Gasteiger partial charge on any atom is 0.0724 e. The molecule has 6 aromatic carbocycles. The van der Waals surface area contributed by atoms with Crippen molar-refractivity contribution in [2.45, 2.75) is 0 Å². The molecule has 0 N–H and O–H groups in total. The summed E-state index contributed by atoms with van der Waals surface area (Å²) in [5, 5.41) is 2.43. The molecule has 0 fully saturated rings. The van der Waals surface area contributed by atoms with Gasteiger partial charge in [0.1, 0.15) is 0 Å². The second-order valence-corrected chi connectivity index (χ2v) is 11.2. The van der Waals surface area contributed by atoms with Crippen LogP contribution in [0.4, 0.5) is 0 Å². The highest BCUT2D eigenvalue weighted by atomic mass is 15.0. The van der Waals surface area contributed by atoms with Gasteiger partial charge in [0.15, 0.2) is 0 Å². The maximum atomic E-state index is 4.50. The van der Waals surface area contributed by atoms with E-state index in [-0.39, 0.29) is 0 Å². The van der Waals surface area contributed by atoms with Crippen molar-refractivity contribution in [2.75, 3.05) is 0 Å². The average molecular weight is 547 g/mol. The molecule has 0 saturated carbocycles. The van der Waals surface area contributed by atoms with E-state index in [2.05, 4.69) is 155 Å². The predicted molar refractivity (Wildman–Crippen MR) is 179 cm³/mol. The Balaban J connectivity index is 1.36. The van der Waals surface area contributed by atoms with Gasteiger partial charge in [0.05, 0.1) is 17.2 Å². The molecule has 0 radical (unpaired) electrons. The van der Waals surface area contributed by atoms with Gasteiger partial charge in [-0.3, -0.25) is 4.98 Å². The molecule has 0 unspecified atom stereocenters. The van der Waals surface area contributed by atoms with Crippen LogP contribution in [0.25, 0.3) is 83.1 Å². The number of para-hydroxylation sites is 1. The summed E-state index contributed by atoms with van der Waals surface area (Å²) in [6.45, 7) is 0. The van der Waals surface area contributed by atoms with Gasteiger partial charge in [-0.15, -0.1) is 0 Å². The summed E-state index contributed by atoms with van der Waals surface area (Å²) >= 11 is 0. The van der Waals surface area contributed by atoms with Crippen LogP contribution in [0.2, 0.25) is 0 Å². The molecular formula is C41H26N2. The van der Waals surface area contributed by atoms with E-state index < -0.39 is 0 Å². The fourth-order valence-electron chi connectivity index (χ4n) is 7.04. The van der Waals surface area contributed by atoms with Gasteiger partial charge in [-0.1, -0.05) is 115 Å². The summed E-state index contributed by atoms with van der Waals surface area (Å²) in [6, 6.07) is 52.9. The zero-order valence-electron chi connectivity index (χ0n) is 23.4. The monoisotopic (exact) mass is 546 g/mol. The molecule has 200 valence electrons. The van der Waals surface area contributed by atoms with Gasteiger partial charge in [0.25, 0.3) is 0 Å². The summed E-state index contributed by atoms with van der Waals surface area (Å²) in [4.78, 5) is 4.50. The fraction of sp³-hybridized carbons (Fsp3) is 0. The molecule has 9 rings (SSSR count). The highest BCUT2D eigenvalue weighted by Gasteiger charge is 2.24. The first-order chi connectivity index (χ1) is 21.4. The second-order valence-electron chi connectivity index (χ2n) is 11.2. The fourth-order valence-corrected chi connectivity index (χ4v) is 7.04. The highest BCUT2D eigenvalue weighted by molar-refractivity contribution is 6.12. The van der Waals surface area contributed by atoms with Crippen LogP contribution in [-0.2, 0) is 0 Å². The van der Waals surface area contributed by atoms with Crippen molar-refractivity contribution in [3.8, 4) is 61.3 Å². The minimum atomic E-state index is 1.11. The molecule has 2 heteroatoms. The smallest absolute Gasteiger partial charge is 0.0724 e. The van der Waals surface area contributed by atoms with Crippen molar-refractivity contribution in [1.29, 1.82) is 0 Å². The standard InChI is InChI=1S/C41H26N2/c1-2-11-28(12-3-1)43-39-22-21-27(25-38(39)35-23-24-42-26-40(35)43)29-19-10-20-37-34-16-7-6-15-32(34)30-13-4-5-14-31(30)33-17-8-9-18-36(33)41(29)37/h1-26H. The molecular weight excluding hydrogens is 520 g/mol. The second kappa shape index (κ2) is 9.40. The molecule has 0 bridgehead atoms. The Kier molecular flexibility index (Phi) is 5.23. The molecule has 43 heavy (non-hydrogen) atoms. The van der Waals surface area contributed by atoms with E-state index >= 15 is 0 Å². The lowest BCUT2D eigenvalue weighted by Crippen LogP contribution is -1.98. The topological polar surface area (TPSA) is 17.8 Å². The number of pyridine rings is 1. The first-order valence-electron chi connectivity index (χ1n) is 14.7. The van der Waals surface area contributed by atoms with Crippen LogP contribution in [-0.4, -0.2) is 9.55 Å². The van der Waals surface area contributed by atoms with E-state index in [0.29, 0.717) is 0 Å². The summed E-state index contributed by atoms with van der Waals surface area (Å²) in [7, 11) is 0. The summed E-state index contributed by atoms with van der Waals surface area (Å²) < 4.78 is 2.32. The lowest BCUT2D eigenvalue weighted by Gasteiger charge is -2.25. The van der Waals surface area contributed by atoms with Crippen LogP contribution >= 0.6 is 0 Å². The Morgan fingerprint density at radius 1 is 0.395 bits per heavy atom. The number of hydrogen-bond acceptors (Lipinski definition) is 1. The summed E-state index contributed by atoms with van der Waals surface area (Å²) in [6.07, 6.45) is 3.87. The first kappa shape index (κ1) is 23.9. The minimum absolute atomic E-state index is 1.11. The molecule has 0 saturated heterocycles. The molecule has 1 aliphatic carbocycles. The van der Waals surface area contributed by atoms with Crippen LogP contribution in [0.1, 0.15) is 0 Å². The summed E-state index contributed by atoms with van der Waals surface area (Å²) in [5.41, 5.74) is 16.0. The van der Waals surface area contributed by atoms with Gasteiger partial charge in [0.2, 0.25) is 0 Å². The minimum Gasteiger partial charge on any atom is -0.308 e. The zero-order valence-corrected chi connectivity index (χ0v) is 23.4. The van der Waals surface area contributed by atoms with Gasteiger partial charge in [-0.2, -0.15) is 0 Å². The van der Waals surface area contributed by atoms with Gasteiger partial charge in [-0.05, 0) is 86.0 Å². The van der Waals surface area contributed by atoms with Gasteiger partial charge < -0.3 is 4.57 Å². The average Bonchev–Trinajstić information content (AvgIpc) is 3.41.